The maximum absolute atomic E-state index is 12.3. The van der Waals surface area contributed by atoms with Crippen LogP contribution in [0.2, 0.25) is 0 Å². The second kappa shape index (κ2) is 6.11. The van der Waals surface area contributed by atoms with Crippen LogP contribution in [0.3, 0.4) is 0 Å². The lowest BCUT2D eigenvalue weighted by atomic mass is 9.78. The molecule has 1 amide bonds. The van der Waals surface area contributed by atoms with Crippen LogP contribution < -0.4 is 5.32 Å². The number of aryl methyl sites for hydroxylation is 1. The molecule has 3 atom stereocenters. The molecule has 2 N–H and O–H groups in total. The number of hydrogen-bond acceptors (Lipinski definition) is 3. The topological polar surface area (TPSA) is 79.5 Å². The van der Waals surface area contributed by atoms with Crippen molar-refractivity contribution < 1.29 is 19.1 Å². The summed E-state index contributed by atoms with van der Waals surface area (Å²) in [7, 11) is 0. The Morgan fingerprint density at radius 1 is 1.30 bits per heavy atom. The second-order valence-corrected chi connectivity index (χ2v) is 5.51. The number of rotatable bonds is 4. The Hall–Kier alpha value is -1.78. The van der Waals surface area contributed by atoms with Crippen LogP contribution in [0.1, 0.15) is 50.2 Å². The van der Waals surface area contributed by atoms with E-state index in [4.69, 9.17) is 4.42 Å². The van der Waals surface area contributed by atoms with Crippen LogP contribution in [0.5, 0.6) is 0 Å². The minimum absolute atomic E-state index is 0.182. The van der Waals surface area contributed by atoms with Gasteiger partial charge >= 0.3 is 5.97 Å². The number of carboxylic acid groups (broad SMARTS) is 1. The van der Waals surface area contributed by atoms with Crippen molar-refractivity contribution >= 4 is 11.9 Å². The second-order valence-electron chi connectivity index (χ2n) is 5.51. The summed E-state index contributed by atoms with van der Waals surface area (Å²) in [6.45, 7) is 3.69. The van der Waals surface area contributed by atoms with Gasteiger partial charge in [0.15, 0.2) is 0 Å². The molecule has 0 saturated heterocycles. The minimum atomic E-state index is -0.869. The molecule has 1 aliphatic rings. The van der Waals surface area contributed by atoms with Crippen molar-refractivity contribution in [3.05, 3.63) is 23.7 Å². The zero-order valence-electron chi connectivity index (χ0n) is 11.9. The zero-order chi connectivity index (χ0) is 14.7. The van der Waals surface area contributed by atoms with E-state index in [1.54, 1.807) is 0 Å². The summed E-state index contributed by atoms with van der Waals surface area (Å²) in [6.07, 6.45) is 3.03. The molecule has 0 aromatic carbocycles. The highest BCUT2D eigenvalue weighted by molar-refractivity contribution is 5.85. The van der Waals surface area contributed by atoms with Gasteiger partial charge in [0, 0.05) is 0 Å². The molecule has 1 aliphatic carbocycles. The fourth-order valence-electron chi connectivity index (χ4n) is 2.82. The Morgan fingerprint density at radius 2 is 1.95 bits per heavy atom. The number of amides is 1. The Bertz CT molecular complexity index is 494. The first-order valence-corrected chi connectivity index (χ1v) is 7.08. The first-order valence-electron chi connectivity index (χ1n) is 7.08. The van der Waals surface area contributed by atoms with Crippen molar-refractivity contribution in [2.75, 3.05) is 0 Å². The third-order valence-electron chi connectivity index (χ3n) is 3.97. The van der Waals surface area contributed by atoms with Crippen LogP contribution in [-0.2, 0) is 9.59 Å². The molecule has 0 spiro atoms. The van der Waals surface area contributed by atoms with Crippen LogP contribution in [0.25, 0.3) is 0 Å². The molecule has 1 aromatic heterocycles. The minimum Gasteiger partial charge on any atom is -0.481 e. The Morgan fingerprint density at radius 3 is 2.50 bits per heavy atom. The number of hydrogen-bond donors (Lipinski definition) is 2. The van der Waals surface area contributed by atoms with E-state index in [0.29, 0.717) is 18.6 Å². The monoisotopic (exact) mass is 279 g/mol. The van der Waals surface area contributed by atoms with Crippen LogP contribution in [0.4, 0.5) is 0 Å². The van der Waals surface area contributed by atoms with Crippen molar-refractivity contribution in [2.24, 2.45) is 11.8 Å². The fourth-order valence-corrected chi connectivity index (χ4v) is 2.82. The van der Waals surface area contributed by atoms with Gasteiger partial charge in [-0.2, -0.15) is 0 Å². The highest BCUT2D eigenvalue weighted by atomic mass is 16.4. The van der Waals surface area contributed by atoms with E-state index < -0.39 is 17.8 Å². The SMILES string of the molecule is Cc1ccc(C(C)NC(=O)[C@@H]2CCCC[C@@H]2C(=O)O)o1. The Kier molecular flexibility index (Phi) is 4.47. The van der Waals surface area contributed by atoms with E-state index in [2.05, 4.69) is 5.32 Å². The van der Waals surface area contributed by atoms with Crippen molar-refractivity contribution in [1.82, 2.24) is 5.32 Å². The van der Waals surface area contributed by atoms with E-state index in [-0.39, 0.29) is 11.9 Å². The van der Waals surface area contributed by atoms with Crippen LogP contribution in [0, 0.1) is 18.8 Å². The Balaban J connectivity index is 2.01. The third kappa shape index (κ3) is 3.21. The molecule has 2 rings (SSSR count). The van der Waals surface area contributed by atoms with E-state index in [9.17, 15) is 14.7 Å². The molecule has 0 aliphatic heterocycles. The normalized spacial score (nSPS) is 24.1. The summed E-state index contributed by atoms with van der Waals surface area (Å²) in [6, 6.07) is 3.43. The van der Waals surface area contributed by atoms with Gasteiger partial charge in [-0.15, -0.1) is 0 Å². The summed E-state index contributed by atoms with van der Waals surface area (Å²) < 4.78 is 5.48. The predicted molar refractivity (Wildman–Crippen MR) is 73.1 cm³/mol. The Labute approximate surface area is 118 Å². The van der Waals surface area contributed by atoms with E-state index >= 15 is 0 Å². The van der Waals surface area contributed by atoms with Crippen molar-refractivity contribution in [2.45, 2.75) is 45.6 Å². The van der Waals surface area contributed by atoms with Gasteiger partial charge in [0.1, 0.15) is 11.5 Å². The number of furan rings is 1. The number of carbonyl (C=O) groups excluding carboxylic acids is 1. The summed E-state index contributed by atoms with van der Waals surface area (Å²) in [5, 5.41) is 12.1. The highest BCUT2D eigenvalue weighted by Gasteiger charge is 2.36. The lowest BCUT2D eigenvalue weighted by molar-refractivity contribution is -0.149. The molecule has 110 valence electrons. The molecule has 5 heteroatoms. The summed E-state index contributed by atoms with van der Waals surface area (Å²) >= 11 is 0. The molecule has 1 saturated carbocycles. The first kappa shape index (κ1) is 14.6. The number of aliphatic carboxylic acids is 1. The quantitative estimate of drug-likeness (QED) is 0.888. The smallest absolute Gasteiger partial charge is 0.307 e. The molecule has 1 unspecified atom stereocenters. The molecular weight excluding hydrogens is 258 g/mol. The zero-order valence-corrected chi connectivity index (χ0v) is 11.9. The summed E-state index contributed by atoms with van der Waals surface area (Å²) in [5.41, 5.74) is 0. The average Bonchev–Trinajstić information content (AvgIpc) is 2.85. The van der Waals surface area contributed by atoms with Gasteiger partial charge in [0.05, 0.1) is 17.9 Å². The predicted octanol–water partition coefficient (Wildman–Crippen LogP) is 2.66. The number of carboxylic acids is 1. The van der Waals surface area contributed by atoms with Gasteiger partial charge in [-0.3, -0.25) is 9.59 Å². The summed E-state index contributed by atoms with van der Waals surface area (Å²) in [5.74, 6) is -0.556. The van der Waals surface area contributed by atoms with Crippen molar-refractivity contribution in [1.29, 1.82) is 0 Å². The van der Waals surface area contributed by atoms with Crippen LogP contribution in [0.15, 0.2) is 16.5 Å². The summed E-state index contributed by atoms with van der Waals surface area (Å²) in [4.78, 5) is 23.5. The van der Waals surface area contributed by atoms with E-state index in [0.717, 1.165) is 18.6 Å². The highest BCUT2D eigenvalue weighted by Crippen LogP contribution is 2.31. The number of nitrogens with one attached hydrogen (secondary N) is 1. The van der Waals surface area contributed by atoms with Crippen molar-refractivity contribution in [3.63, 3.8) is 0 Å². The van der Waals surface area contributed by atoms with Gasteiger partial charge in [-0.1, -0.05) is 12.8 Å². The van der Waals surface area contributed by atoms with E-state index in [1.807, 2.05) is 26.0 Å². The van der Waals surface area contributed by atoms with Crippen molar-refractivity contribution in [3.8, 4) is 0 Å². The molecule has 1 heterocycles. The average molecular weight is 279 g/mol. The number of carbonyl (C=O) groups is 2. The van der Waals surface area contributed by atoms with Gasteiger partial charge in [0.25, 0.3) is 0 Å². The largest absolute Gasteiger partial charge is 0.481 e. The molecule has 5 nitrogen and oxygen atoms in total. The molecule has 1 aromatic rings. The molecule has 0 radical (unpaired) electrons. The van der Waals surface area contributed by atoms with E-state index in [1.165, 1.54) is 0 Å². The lowest BCUT2D eigenvalue weighted by Gasteiger charge is -2.28. The maximum Gasteiger partial charge on any atom is 0.307 e. The first-order chi connectivity index (χ1) is 9.49. The lowest BCUT2D eigenvalue weighted by Crippen LogP contribution is -2.40. The molecular formula is C15H21NO4. The maximum atomic E-state index is 12.3. The van der Waals surface area contributed by atoms with Gasteiger partial charge < -0.3 is 14.8 Å². The molecule has 0 bridgehead atoms. The standard InChI is InChI=1S/C15H21NO4/c1-9-7-8-13(20-9)10(2)16-14(17)11-5-3-4-6-12(11)15(18)19/h7-8,10-12H,3-6H2,1-2H3,(H,16,17)(H,18,19)/t10?,11-,12+/m1/s1. The molecule has 1 fully saturated rings. The third-order valence-corrected chi connectivity index (χ3v) is 3.97. The van der Waals surface area contributed by atoms with Gasteiger partial charge in [-0.05, 0) is 38.8 Å². The fraction of sp³-hybridized carbons (Fsp3) is 0.600. The molecule has 20 heavy (non-hydrogen) atoms. The van der Waals surface area contributed by atoms with Gasteiger partial charge in [0.2, 0.25) is 5.91 Å². The van der Waals surface area contributed by atoms with Crippen LogP contribution >= 0.6 is 0 Å². The van der Waals surface area contributed by atoms with Crippen LogP contribution in [-0.4, -0.2) is 17.0 Å². The van der Waals surface area contributed by atoms with Gasteiger partial charge in [-0.25, -0.2) is 0 Å².